The van der Waals surface area contributed by atoms with E-state index in [1.54, 1.807) is 9.36 Å². The second-order valence-electron chi connectivity index (χ2n) is 10.1. The van der Waals surface area contributed by atoms with Crippen molar-refractivity contribution in [2.75, 3.05) is 0 Å². The summed E-state index contributed by atoms with van der Waals surface area (Å²) in [6.07, 6.45) is 3.68. The number of rotatable bonds is 12. The number of carbonyl (C=O) groups excluding carboxylic acids is 2. The third-order valence-electron chi connectivity index (χ3n) is 6.87. The minimum atomic E-state index is -0.00162. The molecule has 0 saturated carbocycles. The number of carbonyl (C=O) groups is 2. The Labute approximate surface area is 248 Å². The molecule has 0 amide bonds. The number of aromatic nitrogens is 6. The van der Waals surface area contributed by atoms with E-state index in [0.717, 1.165) is 11.1 Å². The first-order chi connectivity index (χ1) is 21.1. The molecule has 9 nitrogen and oxygen atoms in total. The van der Waals surface area contributed by atoms with E-state index in [4.69, 9.17) is 4.74 Å². The molecule has 0 unspecified atom stereocenters. The fourth-order valence-electron chi connectivity index (χ4n) is 4.63. The van der Waals surface area contributed by atoms with Crippen LogP contribution >= 0.6 is 0 Å². The summed E-state index contributed by atoms with van der Waals surface area (Å²) in [5, 5.41) is 16.8. The maximum atomic E-state index is 12.6. The summed E-state index contributed by atoms with van der Waals surface area (Å²) in [7, 11) is 0. The summed E-state index contributed by atoms with van der Waals surface area (Å²) in [4.78, 5) is 25.2. The Hall–Kier alpha value is -5.54. The van der Waals surface area contributed by atoms with E-state index in [9.17, 15) is 9.59 Å². The van der Waals surface area contributed by atoms with Gasteiger partial charge in [-0.2, -0.15) is 0 Å². The lowest BCUT2D eigenvalue weighted by atomic mass is 10.0. The molecule has 0 aliphatic carbocycles. The van der Waals surface area contributed by atoms with Gasteiger partial charge in [0, 0.05) is 22.3 Å². The van der Waals surface area contributed by atoms with Crippen LogP contribution in [0.3, 0.4) is 0 Å². The summed E-state index contributed by atoms with van der Waals surface area (Å²) < 4.78 is 9.27. The second kappa shape index (κ2) is 13.0. The molecule has 0 fully saturated rings. The van der Waals surface area contributed by atoms with Crippen LogP contribution in [0.5, 0.6) is 0 Å². The Kier molecular flexibility index (Phi) is 8.33. The molecule has 0 aliphatic rings. The number of nitrogens with zero attached hydrogens (tertiary/aromatic N) is 6. The zero-order valence-corrected chi connectivity index (χ0v) is 23.3. The van der Waals surface area contributed by atoms with Crippen molar-refractivity contribution in [3.8, 4) is 0 Å². The average Bonchev–Trinajstić information content (AvgIpc) is 3.71. The van der Waals surface area contributed by atoms with Crippen LogP contribution in [0.2, 0.25) is 0 Å². The fourth-order valence-corrected chi connectivity index (χ4v) is 4.63. The molecule has 0 aliphatic heterocycles. The number of benzene rings is 4. The third-order valence-corrected chi connectivity index (χ3v) is 6.87. The summed E-state index contributed by atoms with van der Waals surface area (Å²) in [5.41, 5.74) is 6.05. The van der Waals surface area contributed by atoms with Gasteiger partial charge in [0.1, 0.15) is 11.4 Å². The van der Waals surface area contributed by atoms with Gasteiger partial charge in [-0.05, 0) is 11.1 Å². The van der Waals surface area contributed by atoms with Crippen molar-refractivity contribution in [1.82, 2.24) is 30.0 Å². The van der Waals surface area contributed by atoms with Gasteiger partial charge in [-0.1, -0.05) is 120 Å². The van der Waals surface area contributed by atoms with Crippen molar-refractivity contribution < 1.29 is 14.3 Å². The molecule has 0 N–H and O–H groups in total. The van der Waals surface area contributed by atoms with Crippen LogP contribution in [0, 0.1) is 0 Å². The number of ether oxygens (including phenoxy) is 1. The summed E-state index contributed by atoms with van der Waals surface area (Å²) >= 11 is 0. The molecule has 43 heavy (non-hydrogen) atoms. The quantitative estimate of drug-likeness (QED) is 0.188. The van der Waals surface area contributed by atoms with Gasteiger partial charge in [0.05, 0.1) is 38.7 Å². The molecule has 0 bridgehead atoms. The molecule has 0 radical (unpaired) electrons. The predicted octanol–water partition coefficient (Wildman–Crippen LogP) is 5.15. The smallest absolute Gasteiger partial charge is 0.193 e. The van der Waals surface area contributed by atoms with Crippen LogP contribution in [0.25, 0.3) is 0 Å². The highest BCUT2D eigenvalue weighted by Crippen LogP contribution is 2.14. The molecule has 9 heteroatoms. The van der Waals surface area contributed by atoms with Crippen LogP contribution in [0.4, 0.5) is 0 Å². The first kappa shape index (κ1) is 27.6. The molecule has 212 valence electrons. The fraction of sp³-hybridized carbons (Fsp3) is 0.118. The van der Waals surface area contributed by atoms with E-state index in [1.165, 1.54) is 0 Å². The number of hydrogen-bond donors (Lipinski definition) is 0. The largest absolute Gasteiger partial charge is 0.369 e. The van der Waals surface area contributed by atoms with Gasteiger partial charge >= 0.3 is 0 Å². The Morgan fingerprint density at radius 2 is 0.884 bits per heavy atom. The zero-order chi connectivity index (χ0) is 29.4. The van der Waals surface area contributed by atoms with E-state index in [0.29, 0.717) is 46.7 Å². The number of ketones is 2. The highest BCUT2D eigenvalue weighted by Gasteiger charge is 2.11. The zero-order valence-electron chi connectivity index (χ0n) is 23.3. The van der Waals surface area contributed by atoms with Crippen molar-refractivity contribution in [2.24, 2.45) is 0 Å². The van der Waals surface area contributed by atoms with Gasteiger partial charge in [-0.15, -0.1) is 10.2 Å². The first-order valence-corrected chi connectivity index (χ1v) is 13.8. The van der Waals surface area contributed by atoms with Crippen LogP contribution in [-0.2, 0) is 31.0 Å². The van der Waals surface area contributed by atoms with E-state index in [-0.39, 0.29) is 24.8 Å². The Balaban J connectivity index is 0.963. The van der Waals surface area contributed by atoms with Gasteiger partial charge in [0.2, 0.25) is 0 Å². The van der Waals surface area contributed by atoms with E-state index in [2.05, 4.69) is 20.6 Å². The molecule has 0 spiro atoms. The molecule has 6 aromatic rings. The topological polar surface area (TPSA) is 105 Å². The van der Waals surface area contributed by atoms with Gasteiger partial charge in [0.15, 0.2) is 11.6 Å². The van der Waals surface area contributed by atoms with Gasteiger partial charge in [0.25, 0.3) is 0 Å². The van der Waals surface area contributed by atoms with Crippen molar-refractivity contribution >= 4 is 11.6 Å². The van der Waals surface area contributed by atoms with Gasteiger partial charge in [-0.3, -0.25) is 9.59 Å². The molecule has 2 heterocycles. The summed E-state index contributed by atoms with van der Waals surface area (Å²) in [6, 6.07) is 33.5. The highest BCUT2D eigenvalue weighted by molar-refractivity contribution is 6.09. The van der Waals surface area contributed by atoms with Crippen molar-refractivity contribution in [3.05, 3.63) is 166 Å². The number of hydrogen-bond acceptors (Lipinski definition) is 7. The Morgan fingerprint density at radius 1 is 0.512 bits per heavy atom. The Bertz CT molecular complexity index is 1680. The SMILES string of the molecule is O=C(c1ccccc1)c1ccc(Cn2cc(COCc3cn(Cc4ccc(C(=O)c5ccccc5)cc4)nn3)nn2)cc1. The molecule has 2 aromatic heterocycles. The lowest BCUT2D eigenvalue weighted by Gasteiger charge is -2.04. The maximum Gasteiger partial charge on any atom is 0.193 e. The Morgan fingerprint density at radius 3 is 1.28 bits per heavy atom. The molecular formula is C34H28N6O3. The lowest BCUT2D eigenvalue weighted by Crippen LogP contribution is -2.03. The average molecular weight is 569 g/mol. The molecule has 0 atom stereocenters. The van der Waals surface area contributed by atoms with Crippen molar-refractivity contribution in [1.29, 1.82) is 0 Å². The lowest BCUT2D eigenvalue weighted by molar-refractivity contribution is 0.102. The van der Waals surface area contributed by atoms with Gasteiger partial charge in [-0.25, -0.2) is 9.36 Å². The van der Waals surface area contributed by atoms with Crippen LogP contribution in [0.15, 0.2) is 122 Å². The maximum absolute atomic E-state index is 12.6. The predicted molar refractivity (Wildman–Crippen MR) is 159 cm³/mol. The minimum Gasteiger partial charge on any atom is -0.369 e. The van der Waals surface area contributed by atoms with Gasteiger partial charge < -0.3 is 4.74 Å². The third kappa shape index (κ3) is 7.03. The molecule has 0 saturated heterocycles. The van der Waals surface area contributed by atoms with Crippen LogP contribution < -0.4 is 0 Å². The van der Waals surface area contributed by atoms with Crippen LogP contribution in [-0.4, -0.2) is 41.6 Å². The molecular weight excluding hydrogens is 540 g/mol. The monoisotopic (exact) mass is 568 g/mol. The second-order valence-corrected chi connectivity index (χ2v) is 10.1. The standard InChI is InChI=1S/C34H28N6O3/c41-33(27-7-3-1-4-8-27)29-15-11-25(12-16-29)19-39-21-31(35-37-39)23-43-24-32-22-40(38-36-32)20-26-13-17-30(18-14-26)34(42)28-9-5-2-6-10-28/h1-18,21-22H,19-20,23-24H2. The molecule has 4 aromatic carbocycles. The minimum absolute atomic E-state index is 0.00162. The first-order valence-electron chi connectivity index (χ1n) is 13.8. The van der Waals surface area contributed by atoms with E-state index >= 15 is 0 Å². The molecule has 6 rings (SSSR count). The normalized spacial score (nSPS) is 11.0. The summed E-state index contributed by atoms with van der Waals surface area (Å²) in [6.45, 7) is 1.63. The van der Waals surface area contributed by atoms with Crippen LogP contribution in [0.1, 0.15) is 54.4 Å². The van der Waals surface area contributed by atoms with E-state index in [1.807, 2.05) is 122 Å². The summed E-state index contributed by atoms with van der Waals surface area (Å²) in [5.74, 6) is -0.00324. The highest BCUT2D eigenvalue weighted by atomic mass is 16.5. The van der Waals surface area contributed by atoms with Crippen molar-refractivity contribution in [2.45, 2.75) is 26.3 Å². The van der Waals surface area contributed by atoms with Crippen molar-refractivity contribution in [3.63, 3.8) is 0 Å². The van der Waals surface area contributed by atoms with E-state index < -0.39 is 0 Å².